The highest BCUT2D eigenvalue weighted by atomic mass is 19.1. The molecule has 2 aromatic rings. The summed E-state index contributed by atoms with van der Waals surface area (Å²) in [4.78, 5) is 27.8. The third kappa shape index (κ3) is 3.82. The van der Waals surface area contributed by atoms with Gasteiger partial charge in [0.05, 0.1) is 23.4 Å². The molecule has 4 rings (SSSR count). The second-order valence-electron chi connectivity index (χ2n) is 7.81. The summed E-state index contributed by atoms with van der Waals surface area (Å²) in [5.74, 6) is -0.391. The van der Waals surface area contributed by atoms with Gasteiger partial charge in [-0.25, -0.2) is 9.18 Å². The fraction of sp³-hybridized carbons (Fsp3) is 0.364. The molecule has 1 saturated carbocycles. The number of hydrogen-bond acceptors (Lipinski definition) is 4. The number of hydrogen-bond donors (Lipinski definition) is 4. The second kappa shape index (κ2) is 7.95. The van der Waals surface area contributed by atoms with Crippen molar-refractivity contribution in [3.63, 3.8) is 0 Å². The first-order valence-corrected chi connectivity index (χ1v) is 10.0. The van der Waals surface area contributed by atoms with Crippen LogP contribution >= 0.6 is 0 Å². The summed E-state index contributed by atoms with van der Waals surface area (Å²) in [6.07, 6.45) is 3.70. The van der Waals surface area contributed by atoms with E-state index in [0.717, 1.165) is 12.8 Å². The fourth-order valence-electron chi connectivity index (χ4n) is 4.05. The molecule has 1 aliphatic heterocycles. The Morgan fingerprint density at radius 2 is 2.07 bits per heavy atom. The average molecular weight is 413 g/mol. The van der Waals surface area contributed by atoms with Gasteiger partial charge < -0.3 is 25.5 Å². The highest BCUT2D eigenvalue weighted by Gasteiger charge is 2.27. The van der Waals surface area contributed by atoms with Crippen molar-refractivity contribution in [2.45, 2.75) is 51.7 Å². The van der Waals surface area contributed by atoms with E-state index in [9.17, 15) is 19.1 Å². The predicted molar refractivity (Wildman–Crippen MR) is 111 cm³/mol. The number of aryl methyl sites for hydroxylation is 1. The zero-order valence-electron chi connectivity index (χ0n) is 16.8. The maximum absolute atomic E-state index is 13.7. The summed E-state index contributed by atoms with van der Waals surface area (Å²) in [5, 5.41) is 15.5. The fourth-order valence-corrected chi connectivity index (χ4v) is 4.05. The molecule has 0 bridgehead atoms. The smallest absolute Gasteiger partial charge is 0.408 e. The van der Waals surface area contributed by atoms with Gasteiger partial charge in [0.15, 0.2) is 5.75 Å². The number of halogens is 1. The van der Waals surface area contributed by atoms with Crippen LogP contribution in [0, 0.1) is 19.7 Å². The number of fused-ring (bicyclic) bond motifs is 1. The molecule has 1 fully saturated rings. The van der Waals surface area contributed by atoms with E-state index in [2.05, 4.69) is 15.6 Å². The number of benzene rings is 1. The Bertz CT molecular complexity index is 1040. The first kappa shape index (κ1) is 20.2. The Kier molecular flexibility index (Phi) is 5.34. The highest BCUT2D eigenvalue weighted by molar-refractivity contribution is 6.34. The van der Waals surface area contributed by atoms with Gasteiger partial charge in [0, 0.05) is 22.5 Å². The second-order valence-corrected chi connectivity index (χ2v) is 7.81. The first-order chi connectivity index (χ1) is 14.3. The van der Waals surface area contributed by atoms with Crippen molar-refractivity contribution in [1.82, 2.24) is 10.3 Å². The molecule has 0 unspecified atom stereocenters. The summed E-state index contributed by atoms with van der Waals surface area (Å²) < 4.78 is 19.2. The van der Waals surface area contributed by atoms with Gasteiger partial charge in [0.1, 0.15) is 5.82 Å². The number of ether oxygens (including phenoxy) is 1. The molecule has 4 N–H and O–H groups in total. The predicted octanol–water partition coefficient (Wildman–Crippen LogP) is 3.66. The summed E-state index contributed by atoms with van der Waals surface area (Å²) in [7, 11) is 0. The number of aliphatic hydroxyl groups is 1. The minimum atomic E-state index is -0.628. The molecule has 7 nitrogen and oxygen atoms in total. The molecule has 1 aliphatic carbocycles. The SMILES string of the molecule is Cc1[nH]c(/C=C2\C(=O)Nc3ccc(F)cc32)c(C)c1OC(=O)N[C@H]1CCCC[C@@H]1O. The van der Waals surface area contributed by atoms with Crippen LogP contribution in [0.2, 0.25) is 0 Å². The van der Waals surface area contributed by atoms with Crippen LogP contribution in [0.15, 0.2) is 18.2 Å². The van der Waals surface area contributed by atoms with E-state index in [0.29, 0.717) is 52.4 Å². The lowest BCUT2D eigenvalue weighted by Crippen LogP contribution is -2.46. The zero-order chi connectivity index (χ0) is 21.4. The molecule has 2 amide bonds. The van der Waals surface area contributed by atoms with Gasteiger partial charge in [0.25, 0.3) is 5.91 Å². The molecule has 1 aromatic carbocycles. The van der Waals surface area contributed by atoms with Crippen molar-refractivity contribution >= 4 is 29.3 Å². The van der Waals surface area contributed by atoms with Gasteiger partial charge in [-0.2, -0.15) is 0 Å². The Hall–Kier alpha value is -3.13. The maximum Gasteiger partial charge on any atom is 0.412 e. The van der Waals surface area contributed by atoms with Gasteiger partial charge in [-0.05, 0) is 51.0 Å². The van der Waals surface area contributed by atoms with Crippen LogP contribution in [-0.4, -0.2) is 34.2 Å². The Labute approximate surface area is 173 Å². The molecule has 0 saturated heterocycles. The largest absolute Gasteiger partial charge is 0.412 e. The van der Waals surface area contributed by atoms with Gasteiger partial charge in [0.2, 0.25) is 0 Å². The zero-order valence-corrected chi connectivity index (χ0v) is 16.8. The maximum atomic E-state index is 13.7. The van der Waals surface area contributed by atoms with Crippen molar-refractivity contribution in [1.29, 1.82) is 0 Å². The average Bonchev–Trinajstić information content (AvgIpc) is 3.14. The standard InChI is InChI=1S/C22H24FN3O4/c1-11-18(10-15-14-9-13(23)7-8-16(14)25-21(15)28)24-12(2)20(11)30-22(29)26-17-5-3-4-6-19(17)27/h7-10,17,19,24,27H,3-6H2,1-2H3,(H,25,28)(H,26,29)/b15-10-/t17-,19-/m0/s1. The normalized spacial score (nSPS) is 22.0. The molecule has 0 radical (unpaired) electrons. The number of aromatic nitrogens is 1. The van der Waals surface area contributed by atoms with Crippen LogP contribution in [0.1, 0.15) is 48.2 Å². The molecule has 30 heavy (non-hydrogen) atoms. The molecule has 2 heterocycles. The van der Waals surface area contributed by atoms with E-state index in [1.54, 1.807) is 19.9 Å². The van der Waals surface area contributed by atoms with Gasteiger partial charge in [-0.15, -0.1) is 0 Å². The number of nitrogens with one attached hydrogen (secondary N) is 3. The monoisotopic (exact) mass is 413 g/mol. The lowest BCUT2D eigenvalue weighted by Gasteiger charge is -2.27. The number of anilines is 1. The summed E-state index contributed by atoms with van der Waals surface area (Å²) >= 11 is 0. The molecule has 8 heteroatoms. The number of amides is 2. The number of aromatic amines is 1. The molecule has 2 atom stereocenters. The lowest BCUT2D eigenvalue weighted by molar-refractivity contribution is -0.110. The lowest BCUT2D eigenvalue weighted by atomic mass is 9.93. The summed E-state index contributed by atoms with van der Waals surface area (Å²) in [5.41, 5.74) is 3.23. The van der Waals surface area contributed by atoms with Crippen LogP contribution in [0.3, 0.4) is 0 Å². The van der Waals surface area contributed by atoms with Crippen molar-refractivity contribution < 1.29 is 23.8 Å². The third-order valence-corrected chi connectivity index (χ3v) is 5.69. The first-order valence-electron chi connectivity index (χ1n) is 10.0. The van der Waals surface area contributed by atoms with Crippen LogP contribution in [0.25, 0.3) is 11.6 Å². The van der Waals surface area contributed by atoms with E-state index >= 15 is 0 Å². The van der Waals surface area contributed by atoms with Crippen molar-refractivity contribution in [3.05, 3.63) is 46.5 Å². The minimum absolute atomic E-state index is 0.319. The molecule has 0 spiro atoms. The number of carbonyl (C=O) groups excluding carboxylic acids is 2. The summed E-state index contributed by atoms with van der Waals surface area (Å²) in [6.45, 7) is 3.53. The van der Waals surface area contributed by atoms with Crippen molar-refractivity contribution in [2.24, 2.45) is 0 Å². The summed E-state index contributed by atoms with van der Waals surface area (Å²) in [6, 6.07) is 3.81. The molecular weight excluding hydrogens is 389 g/mol. The van der Waals surface area contributed by atoms with Gasteiger partial charge >= 0.3 is 6.09 Å². The van der Waals surface area contributed by atoms with Gasteiger partial charge in [-0.3, -0.25) is 4.79 Å². The molecule has 2 aliphatic rings. The van der Waals surface area contributed by atoms with Crippen LogP contribution in [0.5, 0.6) is 5.75 Å². The van der Waals surface area contributed by atoms with Crippen LogP contribution in [0.4, 0.5) is 14.9 Å². The van der Waals surface area contributed by atoms with Crippen LogP contribution in [-0.2, 0) is 4.79 Å². The molecule has 1 aromatic heterocycles. The van der Waals surface area contributed by atoms with E-state index in [1.807, 2.05) is 0 Å². The van der Waals surface area contributed by atoms with Gasteiger partial charge in [-0.1, -0.05) is 12.8 Å². The Morgan fingerprint density at radius 3 is 2.83 bits per heavy atom. The van der Waals surface area contributed by atoms with Crippen LogP contribution < -0.4 is 15.4 Å². The highest BCUT2D eigenvalue weighted by Crippen LogP contribution is 2.35. The molecular formula is C22H24FN3O4. The quantitative estimate of drug-likeness (QED) is 0.577. The topological polar surface area (TPSA) is 103 Å². The van der Waals surface area contributed by atoms with E-state index in [1.165, 1.54) is 18.2 Å². The number of aliphatic hydroxyl groups excluding tert-OH is 1. The number of H-pyrrole nitrogens is 1. The van der Waals surface area contributed by atoms with E-state index in [-0.39, 0.29) is 11.9 Å². The third-order valence-electron chi connectivity index (χ3n) is 5.69. The Morgan fingerprint density at radius 1 is 1.30 bits per heavy atom. The number of rotatable bonds is 3. The van der Waals surface area contributed by atoms with Crippen molar-refractivity contribution in [3.8, 4) is 5.75 Å². The number of carbonyl (C=O) groups is 2. The van der Waals surface area contributed by atoms with Crippen molar-refractivity contribution in [2.75, 3.05) is 5.32 Å². The molecule has 158 valence electrons. The Balaban J connectivity index is 1.56. The van der Waals surface area contributed by atoms with E-state index < -0.39 is 18.0 Å². The minimum Gasteiger partial charge on any atom is -0.408 e. The van der Waals surface area contributed by atoms with E-state index in [4.69, 9.17) is 4.74 Å².